The average Bonchev–Trinajstić information content (AvgIpc) is 2.66. The SMILES string of the molecule is O=C(O)c1ccc(C(Cc2cccc(Cl)c2)OCc2ccccc2)cc1. The van der Waals surface area contributed by atoms with E-state index in [1.807, 2.05) is 66.7 Å². The zero-order chi connectivity index (χ0) is 18.4. The lowest BCUT2D eigenvalue weighted by Crippen LogP contribution is -2.09. The molecule has 132 valence electrons. The molecule has 0 aliphatic heterocycles. The van der Waals surface area contributed by atoms with Crippen molar-refractivity contribution < 1.29 is 14.6 Å². The molecule has 3 aromatic carbocycles. The van der Waals surface area contributed by atoms with Crippen LogP contribution in [0.15, 0.2) is 78.9 Å². The van der Waals surface area contributed by atoms with E-state index in [0.717, 1.165) is 16.7 Å². The second-order valence-corrected chi connectivity index (χ2v) is 6.48. The minimum Gasteiger partial charge on any atom is -0.478 e. The van der Waals surface area contributed by atoms with E-state index in [4.69, 9.17) is 21.4 Å². The van der Waals surface area contributed by atoms with Gasteiger partial charge in [0.1, 0.15) is 0 Å². The molecule has 1 atom stereocenters. The molecular weight excluding hydrogens is 348 g/mol. The predicted molar refractivity (Wildman–Crippen MR) is 103 cm³/mol. The Kier molecular flexibility index (Phi) is 6.05. The highest BCUT2D eigenvalue weighted by atomic mass is 35.5. The fraction of sp³-hybridized carbons (Fsp3) is 0.136. The summed E-state index contributed by atoms with van der Waals surface area (Å²) in [5, 5.41) is 9.77. The van der Waals surface area contributed by atoms with E-state index in [-0.39, 0.29) is 11.7 Å². The first-order chi connectivity index (χ1) is 12.6. The number of benzene rings is 3. The highest BCUT2D eigenvalue weighted by molar-refractivity contribution is 6.30. The van der Waals surface area contributed by atoms with Gasteiger partial charge in [-0.15, -0.1) is 0 Å². The van der Waals surface area contributed by atoms with Gasteiger partial charge in [-0.1, -0.05) is 66.2 Å². The van der Waals surface area contributed by atoms with Crippen molar-refractivity contribution in [3.63, 3.8) is 0 Å². The third kappa shape index (κ3) is 4.94. The molecule has 0 aromatic heterocycles. The van der Waals surface area contributed by atoms with Crippen molar-refractivity contribution in [2.45, 2.75) is 19.1 Å². The number of carboxylic acids is 1. The molecule has 3 rings (SSSR count). The summed E-state index contributed by atoms with van der Waals surface area (Å²) in [4.78, 5) is 11.1. The summed E-state index contributed by atoms with van der Waals surface area (Å²) >= 11 is 6.10. The van der Waals surface area contributed by atoms with Crippen LogP contribution >= 0.6 is 11.6 Å². The number of rotatable bonds is 7. The van der Waals surface area contributed by atoms with Crippen molar-refractivity contribution >= 4 is 17.6 Å². The first kappa shape index (κ1) is 18.2. The summed E-state index contributed by atoms with van der Waals surface area (Å²) < 4.78 is 6.17. The van der Waals surface area contributed by atoms with Gasteiger partial charge in [-0.3, -0.25) is 0 Å². The zero-order valence-electron chi connectivity index (χ0n) is 14.1. The van der Waals surface area contributed by atoms with Crippen LogP contribution in [0.4, 0.5) is 0 Å². The first-order valence-corrected chi connectivity index (χ1v) is 8.73. The molecule has 1 N–H and O–H groups in total. The largest absolute Gasteiger partial charge is 0.478 e. The molecule has 0 spiro atoms. The number of hydrogen-bond donors (Lipinski definition) is 1. The summed E-state index contributed by atoms with van der Waals surface area (Å²) in [7, 11) is 0. The lowest BCUT2D eigenvalue weighted by atomic mass is 10.00. The second kappa shape index (κ2) is 8.65. The Morgan fingerprint density at radius 1 is 0.923 bits per heavy atom. The summed E-state index contributed by atoms with van der Waals surface area (Å²) in [5.41, 5.74) is 3.35. The van der Waals surface area contributed by atoms with Crippen LogP contribution in [0.2, 0.25) is 5.02 Å². The van der Waals surface area contributed by atoms with Crippen LogP contribution in [0.5, 0.6) is 0 Å². The maximum Gasteiger partial charge on any atom is 0.335 e. The van der Waals surface area contributed by atoms with E-state index < -0.39 is 5.97 Å². The molecule has 3 nitrogen and oxygen atoms in total. The first-order valence-electron chi connectivity index (χ1n) is 8.35. The molecule has 0 radical (unpaired) electrons. The quantitative estimate of drug-likeness (QED) is 0.597. The van der Waals surface area contributed by atoms with Crippen LogP contribution < -0.4 is 0 Å². The fourth-order valence-corrected chi connectivity index (χ4v) is 2.98. The van der Waals surface area contributed by atoms with Crippen molar-refractivity contribution in [2.24, 2.45) is 0 Å². The Bertz CT molecular complexity index is 860. The van der Waals surface area contributed by atoms with E-state index >= 15 is 0 Å². The standard InChI is InChI=1S/C22H19ClO3/c23-20-8-4-7-17(13-20)14-21(26-15-16-5-2-1-3-6-16)18-9-11-19(12-10-18)22(24)25/h1-13,21H,14-15H2,(H,24,25). The van der Waals surface area contributed by atoms with E-state index in [1.54, 1.807) is 12.1 Å². The van der Waals surface area contributed by atoms with Gasteiger partial charge >= 0.3 is 5.97 Å². The van der Waals surface area contributed by atoms with Gasteiger partial charge in [0.05, 0.1) is 18.3 Å². The number of hydrogen-bond acceptors (Lipinski definition) is 2. The van der Waals surface area contributed by atoms with Crippen molar-refractivity contribution in [1.82, 2.24) is 0 Å². The third-order valence-corrected chi connectivity index (χ3v) is 4.37. The van der Waals surface area contributed by atoms with Gasteiger partial charge in [0, 0.05) is 11.4 Å². The van der Waals surface area contributed by atoms with Crippen molar-refractivity contribution in [1.29, 1.82) is 0 Å². The van der Waals surface area contributed by atoms with Crippen LogP contribution in [0.1, 0.15) is 33.2 Å². The van der Waals surface area contributed by atoms with Crippen LogP contribution in [0, 0.1) is 0 Å². The van der Waals surface area contributed by atoms with Crippen molar-refractivity contribution in [3.8, 4) is 0 Å². The minimum absolute atomic E-state index is 0.198. The average molecular weight is 367 g/mol. The van der Waals surface area contributed by atoms with Crippen LogP contribution in [0.25, 0.3) is 0 Å². The smallest absolute Gasteiger partial charge is 0.335 e. The van der Waals surface area contributed by atoms with Gasteiger partial charge in [0.2, 0.25) is 0 Å². The molecule has 26 heavy (non-hydrogen) atoms. The van der Waals surface area contributed by atoms with Crippen LogP contribution in [0.3, 0.4) is 0 Å². The maximum absolute atomic E-state index is 11.1. The summed E-state index contributed by atoms with van der Waals surface area (Å²) in [6, 6.07) is 24.5. The van der Waals surface area contributed by atoms with E-state index in [2.05, 4.69) is 0 Å². The number of aromatic carboxylic acids is 1. The van der Waals surface area contributed by atoms with E-state index in [1.165, 1.54) is 0 Å². The topological polar surface area (TPSA) is 46.5 Å². The molecule has 0 aliphatic carbocycles. The van der Waals surface area contributed by atoms with Gasteiger partial charge in [-0.2, -0.15) is 0 Å². The summed E-state index contributed by atoms with van der Waals surface area (Å²) in [6.07, 6.45) is 0.455. The van der Waals surface area contributed by atoms with Gasteiger partial charge < -0.3 is 9.84 Å². The Morgan fingerprint density at radius 2 is 1.62 bits per heavy atom. The summed E-state index contributed by atoms with van der Waals surface area (Å²) in [5.74, 6) is -0.937. The molecule has 0 bridgehead atoms. The monoisotopic (exact) mass is 366 g/mol. The minimum atomic E-state index is -0.937. The Balaban J connectivity index is 1.81. The van der Waals surface area contributed by atoms with Crippen molar-refractivity contribution in [2.75, 3.05) is 0 Å². The summed E-state index contributed by atoms with van der Waals surface area (Å²) in [6.45, 7) is 0.479. The molecule has 0 aliphatic rings. The molecular formula is C22H19ClO3. The lowest BCUT2D eigenvalue weighted by Gasteiger charge is -2.19. The van der Waals surface area contributed by atoms with Gasteiger partial charge in [0.15, 0.2) is 0 Å². The van der Waals surface area contributed by atoms with Crippen molar-refractivity contribution in [3.05, 3.63) is 106 Å². The number of ether oxygens (including phenoxy) is 1. The Hall–Kier alpha value is -2.62. The molecule has 4 heteroatoms. The number of carboxylic acid groups (broad SMARTS) is 1. The number of carbonyl (C=O) groups is 1. The second-order valence-electron chi connectivity index (χ2n) is 6.05. The number of halogens is 1. The van der Waals surface area contributed by atoms with E-state index in [9.17, 15) is 4.79 Å². The molecule has 0 heterocycles. The van der Waals surface area contributed by atoms with Gasteiger partial charge in [-0.25, -0.2) is 4.79 Å². The van der Waals surface area contributed by atoms with Crippen LogP contribution in [-0.2, 0) is 17.8 Å². The third-order valence-electron chi connectivity index (χ3n) is 4.13. The molecule has 1 unspecified atom stereocenters. The molecule has 0 saturated carbocycles. The zero-order valence-corrected chi connectivity index (χ0v) is 14.9. The Morgan fingerprint density at radius 3 is 2.27 bits per heavy atom. The molecule has 0 amide bonds. The maximum atomic E-state index is 11.1. The van der Waals surface area contributed by atoms with Gasteiger partial charge in [-0.05, 0) is 41.0 Å². The normalized spacial score (nSPS) is 11.9. The van der Waals surface area contributed by atoms with E-state index in [0.29, 0.717) is 18.1 Å². The molecule has 0 fully saturated rings. The van der Waals surface area contributed by atoms with Crippen LogP contribution in [-0.4, -0.2) is 11.1 Å². The van der Waals surface area contributed by atoms with Gasteiger partial charge in [0.25, 0.3) is 0 Å². The Labute approximate surface area is 157 Å². The highest BCUT2D eigenvalue weighted by Crippen LogP contribution is 2.25. The highest BCUT2D eigenvalue weighted by Gasteiger charge is 2.15. The molecule has 0 saturated heterocycles. The predicted octanol–water partition coefficient (Wildman–Crippen LogP) is 5.54. The molecule has 3 aromatic rings. The lowest BCUT2D eigenvalue weighted by molar-refractivity contribution is 0.0398. The fourth-order valence-electron chi connectivity index (χ4n) is 2.76.